The average Bonchev–Trinajstić information content (AvgIpc) is 2.55. The number of nitrogens with one attached hydrogen (secondary N) is 1. The van der Waals surface area contributed by atoms with Crippen LogP contribution < -0.4 is 10.5 Å². The lowest BCUT2D eigenvalue weighted by Crippen LogP contribution is -2.21. The fraction of sp³-hybridized carbons (Fsp3) is 0. The van der Waals surface area contributed by atoms with Gasteiger partial charge in [0.25, 0.3) is 0 Å². The van der Waals surface area contributed by atoms with Crippen molar-refractivity contribution in [3.05, 3.63) is 71.9 Å². The van der Waals surface area contributed by atoms with Crippen molar-refractivity contribution in [2.45, 2.75) is 0 Å². The monoisotopic (exact) mass is 290 g/mol. The minimum absolute atomic E-state index is 0.142. The molecule has 22 heavy (non-hydrogen) atoms. The molecule has 0 aliphatic rings. The highest BCUT2D eigenvalue weighted by atomic mass is 16.4. The molecule has 3 aromatic rings. The molecule has 2 aromatic carbocycles. The molecule has 0 aliphatic heterocycles. The predicted molar refractivity (Wildman–Crippen MR) is 83.7 cm³/mol. The lowest BCUT2D eigenvalue weighted by Gasteiger charge is -2.04. The summed E-state index contributed by atoms with van der Waals surface area (Å²) in [7, 11) is 0. The molecular weight excluding hydrogens is 278 g/mol. The number of pyridine rings is 1. The summed E-state index contributed by atoms with van der Waals surface area (Å²) in [5.41, 5.74) is 5.53. The van der Waals surface area contributed by atoms with E-state index in [4.69, 9.17) is 0 Å². The summed E-state index contributed by atoms with van der Waals surface area (Å²) in [6, 6.07) is 16.0. The first-order valence-electron chi connectivity index (χ1n) is 6.68. The molecule has 0 spiro atoms. The van der Waals surface area contributed by atoms with E-state index in [1.165, 1.54) is 12.1 Å². The van der Waals surface area contributed by atoms with Crippen molar-refractivity contribution in [2.24, 2.45) is 5.10 Å². The summed E-state index contributed by atoms with van der Waals surface area (Å²) < 4.78 is 0. The number of carboxylic acid groups (broad SMARTS) is 1. The van der Waals surface area contributed by atoms with E-state index in [0.717, 1.165) is 22.2 Å². The van der Waals surface area contributed by atoms with E-state index in [1.807, 2.05) is 30.3 Å². The zero-order valence-corrected chi connectivity index (χ0v) is 11.6. The number of aromatic nitrogens is 1. The molecule has 1 N–H and O–H groups in total. The van der Waals surface area contributed by atoms with Gasteiger partial charge in [0.15, 0.2) is 0 Å². The number of benzene rings is 2. The first-order valence-corrected chi connectivity index (χ1v) is 6.68. The summed E-state index contributed by atoms with van der Waals surface area (Å²) in [5, 5.41) is 15.9. The number of para-hydroxylation sites is 1. The van der Waals surface area contributed by atoms with Gasteiger partial charge in [-0.15, -0.1) is 0 Å². The van der Waals surface area contributed by atoms with Crippen LogP contribution in [0.5, 0.6) is 0 Å². The van der Waals surface area contributed by atoms with Crippen molar-refractivity contribution in [1.29, 1.82) is 0 Å². The molecule has 5 heteroatoms. The molecule has 1 heterocycles. The average molecular weight is 290 g/mol. The van der Waals surface area contributed by atoms with Gasteiger partial charge in [0.2, 0.25) is 0 Å². The number of nitrogens with zero attached hydrogens (tertiary/aromatic N) is 2. The zero-order valence-electron chi connectivity index (χ0n) is 11.6. The highest BCUT2D eigenvalue weighted by molar-refractivity contribution is 5.91. The van der Waals surface area contributed by atoms with Crippen LogP contribution in [-0.4, -0.2) is 17.2 Å². The fourth-order valence-electron chi connectivity index (χ4n) is 2.08. The van der Waals surface area contributed by atoms with Gasteiger partial charge in [0.1, 0.15) is 0 Å². The Hall–Kier alpha value is -3.21. The number of carboxylic acids is 1. The van der Waals surface area contributed by atoms with Crippen LogP contribution in [0.1, 0.15) is 15.9 Å². The Bertz CT molecular complexity index is 837. The Morgan fingerprint density at radius 2 is 1.86 bits per heavy atom. The fourth-order valence-corrected chi connectivity index (χ4v) is 2.08. The molecule has 0 saturated heterocycles. The van der Waals surface area contributed by atoms with Gasteiger partial charge in [-0.25, -0.2) is 0 Å². The number of aromatic carboxylic acids is 1. The smallest absolute Gasteiger partial charge is 0.0951 e. The van der Waals surface area contributed by atoms with Crippen LogP contribution in [-0.2, 0) is 0 Å². The first-order chi connectivity index (χ1) is 10.7. The second-order valence-corrected chi connectivity index (χ2v) is 4.66. The maximum atomic E-state index is 10.7. The van der Waals surface area contributed by atoms with Crippen molar-refractivity contribution < 1.29 is 9.90 Å². The van der Waals surface area contributed by atoms with Crippen LogP contribution in [0.4, 0.5) is 5.69 Å². The topological polar surface area (TPSA) is 77.4 Å². The lowest BCUT2D eigenvalue weighted by molar-refractivity contribution is -0.255. The van der Waals surface area contributed by atoms with E-state index in [-0.39, 0.29) is 5.56 Å². The maximum Gasteiger partial charge on any atom is 0.0951 e. The van der Waals surface area contributed by atoms with Crippen molar-refractivity contribution in [3.63, 3.8) is 0 Å². The second-order valence-electron chi connectivity index (χ2n) is 4.66. The molecule has 0 atom stereocenters. The Morgan fingerprint density at radius 3 is 2.64 bits per heavy atom. The zero-order chi connectivity index (χ0) is 15.4. The Morgan fingerprint density at radius 1 is 1.09 bits per heavy atom. The molecule has 0 amide bonds. The van der Waals surface area contributed by atoms with Crippen LogP contribution >= 0.6 is 0 Å². The summed E-state index contributed by atoms with van der Waals surface area (Å²) in [5.74, 6) is -1.19. The molecular formula is C17H12N3O2-. The Labute approximate surface area is 126 Å². The molecule has 0 aliphatic carbocycles. The first kappa shape index (κ1) is 13.8. The minimum atomic E-state index is -1.19. The maximum absolute atomic E-state index is 10.7. The van der Waals surface area contributed by atoms with Gasteiger partial charge in [-0.2, -0.15) is 5.10 Å². The van der Waals surface area contributed by atoms with Crippen LogP contribution in [0.15, 0.2) is 65.9 Å². The molecule has 1 aromatic heterocycles. The van der Waals surface area contributed by atoms with E-state index in [1.54, 1.807) is 24.5 Å². The third-order valence-electron chi connectivity index (χ3n) is 3.18. The molecule has 3 rings (SSSR count). The van der Waals surface area contributed by atoms with Crippen molar-refractivity contribution in [2.75, 3.05) is 5.43 Å². The second kappa shape index (κ2) is 6.05. The van der Waals surface area contributed by atoms with E-state index in [0.29, 0.717) is 0 Å². The molecule has 0 radical (unpaired) electrons. The summed E-state index contributed by atoms with van der Waals surface area (Å²) in [4.78, 5) is 15.0. The van der Waals surface area contributed by atoms with Crippen LogP contribution in [0.3, 0.4) is 0 Å². The van der Waals surface area contributed by atoms with Gasteiger partial charge in [0, 0.05) is 11.6 Å². The SMILES string of the molecule is O=C([O-])c1ccc(/C=N\Nc2cccc3cccnc23)cc1. The van der Waals surface area contributed by atoms with Gasteiger partial charge in [0.05, 0.1) is 23.4 Å². The van der Waals surface area contributed by atoms with Crippen LogP contribution in [0, 0.1) is 0 Å². The summed E-state index contributed by atoms with van der Waals surface area (Å²) in [6.45, 7) is 0. The highest BCUT2D eigenvalue weighted by Crippen LogP contribution is 2.20. The molecule has 0 saturated carbocycles. The van der Waals surface area contributed by atoms with Crippen LogP contribution in [0.2, 0.25) is 0 Å². The third-order valence-corrected chi connectivity index (χ3v) is 3.18. The molecule has 0 unspecified atom stereocenters. The molecule has 0 bridgehead atoms. The van der Waals surface area contributed by atoms with Crippen molar-refractivity contribution >= 4 is 28.8 Å². The summed E-state index contributed by atoms with van der Waals surface area (Å²) >= 11 is 0. The number of anilines is 1. The van der Waals surface area contributed by atoms with Gasteiger partial charge >= 0.3 is 0 Å². The third kappa shape index (κ3) is 2.93. The van der Waals surface area contributed by atoms with E-state index < -0.39 is 5.97 Å². The Balaban J connectivity index is 1.77. The normalized spacial score (nSPS) is 10.9. The van der Waals surface area contributed by atoms with Crippen LogP contribution in [0.25, 0.3) is 10.9 Å². The number of hydrazone groups is 1. The largest absolute Gasteiger partial charge is 0.545 e. The Kier molecular flexibility index (Phi) is 3.78. The number of rotatable bonds is 4. The lowest BCUT2D eigenvalue weighted by atomic mass is 10.1. The van der Waals surface area contributed by atoms with Crippen molar-refractivity contribution in [3.8, 4) is 0 Å². The number of hydrogen-bond donors (Lipinski definition) is 1. The van der Waals surface area contributed by atoms with Gasteiger partial charge < -0.3 is 9.90 Å². The quantitative estimate of drug-likeness (QED) is 0.589. The number of carbonyl (C=O) groups excluding carboxylic acids is 1. The molecule has 5 nitrogen and oxygen atoms in total. The van der Waals surface area contributed by atoms with E-state index in [2.05, 4.69) is 15.5 Å². The predicted octanol–water partition coefficient (Wildman–Crippen LogP) is 2.04. The van der Waals surface area contributed by atoms with E-state index >= 15 is 0 Å². The van der Waals surface area contributed by atoms with Gasteiger partial charge in [-0.1, -0.05) is 42.5 Å². The number of hydrogen-bond acceptors (Lipinski definition) is 5. The molecule has 108 valence electrons. The van der Waals surface area contributed by atoms with Gasteiger partial charge in [-0.3, -0.25) is 10.4 Å². The summed E-state index contributed by atoms with van der Waals surface area (Å²) in [6.07, 6.45) is 3.34. The highest BCUT2D eigenvalue weighted by Gasteiger charge is 1.99. The standard InChI is InChI=1S/C17H13N3O2/c21-17(22)14-8-6-12(7-9-14)11-19-20-15-5-1-3-13-4-2-10-18-16(13)15/h1-11,20H,(H,21,22)/p-1/b19-11-. The van der Waals surface area contributed by atoms with Crippen molar-refractivity contribution in [1.82, 2.24) is 4.98 Å². The number of carbonyl (C=O) groups is 1. The van der Waals surface area contributed by atoms with Gasteiger partial charge in [-0.05, 0) is 23.3 Å². The van der Waals surface area contributed by atoms with E-state index in [9.17, 15) is 9.90 Å². The molecule has 0 fully saturated rings. The minimum Gasteiger partial charge on any atom is -0.545 e. The number of fused-ring (bicyclic) bond motifs is 1.